The van der Waals surface area contributed by atoms with E-state index in [-0.39, 0.29) is 38.7 Å². The van der Waals surface area contributed by atoms with Crippen LogP contribution in [0.25, 0.3) is 0 Å². The van der Waals surface area contributed by atoms with E-state index in [2.05, 4.69) is 121 Å². The van der Waals surface area contributed by atoms with Crippen LogP contribution in [0.15, 0.2) is 47.5 Å². The Bertz CT molecular complexity index is 1770. The Morgan fingerprint density at radius 2 is 0.968 bits per heavy atom. The van der Waals surface area contributed by atoms with Crippen LogP contribution in [0.2, 0.25) is 0 Å². The van der Waals surface area contributed by atoms with Gasteiger partial charge in [-0.25, -0.2) is 0 Å². The number of non-ortho nitro benzene ring substituents is 1. The summed E-state index contributed by atoms with van der Waals surface area (Å²) in [6, 6.07) is 11.5. The van der Waals surface area contributed by atoms with Crippen LogP contribution in [-0.4, -0.2) is 40.6 Å². The van der Waals surface area contributed by atoms with Crippen LogP contribution >= 0.6 is 0 Å². The summed E-state index contributed by atoms with van der Waals surface area (Å²) in [5.41, 5.74) is 2.27. The molecule has 3 rings (SSSR count). The predicted octanol–water partition coefficient (Wildman–Crippen LogP) is 14.7. The number of aromatic hydroxyl groups is 1. The Balaban J connectivity index is 2.42. The van der Waals surface area contributed by atoms with Crippen molar-refractivity contribution >= 4 is 11.9 Å². The number of nitrogens with zero attached hydrogens (tertiary/aromatic N) is 2. The molecule has 346 valence electrons. The van der Waals surface area contributed by atoms with Crippen molar-refractivity contribution in [2.75, 3.05) is 13.2 Å². The second-order valence-corrected chi connectivity index (χ2v) is 21.8. The van der Waals surface area contributed by atoms with Crippen LogP contribution in [0.3, 0.4) is 0 Å². The Labute approximate surface area is 376 Å². The normalized spacial score (nSPS) is 13.5. The molecule has 1 atom stereocenters. The van der Waals surface area contributed by atoms with Crippen LogP contribution in [-0.2, 0) is 27.3 Å². The van der Waals surface area contributed by atoms with E-state index >= 15 is 0 Å². The fourth-order valence-electron chi connectivity index (χ4n) is 8.06. The summed E-state index contributed by atoms with van der Waals surface area (Å²) in [5.74, 6) is 1.60. The molecule has 8 nitrogen and oxygen atoms in total. The fraction of sp³-hybridized carbons (Fsp3) is 0.648. The Morgan fingerprint density at radius 3 is 1.31 bits per heavy atom. The van der Waals surface area contributed by atoms with E-state index in [0.717, 1.165) is 59.4 Å². The maximum Gasteiger partial charge on any atom is 0.270 e. The van der Waals surface area contributed by atoms with E-state index < -0.39 is 16.6 Å². The molecule has 0 amide bonds. The average molecular weight is 857 g/mol. The minimum Gasteiger partial charge on any atom is -0.507 e. The number of phenolic OH excluding ortho intramolecular Hbond substituents is 1. The quantitative estimate of drug-likeness (QED) is 0.0450. The Morgan fingerprint density at radius 1 is 0.613 bits per heavy atom. The number of rotatable bonds is 22. The molecule has 0 saturated heterocycles. The Hall–Kier alpha value is -3.91. The monoisotopic (exact) mass is 857 g/mol. The van der Waals surface area contributed by atoms with Crippen molar-refractivity contribution < 1.29 is 24.6 Å². The molecule has 2 N–H and O–H groups in total. The first-order valence-corrected chi connectivity index (χ1v) is 23.7. The summed E-state index contributed by atoms with van der Waals surface area (Å²) >= 11 is 0. The van der Waals surface area contributed by atoms with Gasteiger partial charge in [0.1, 0.15) is 22.8 Å². The van der Waals surface area contributed by atoms with E-state index in [1.54, 1.807) is 0 Å². The van der Waals surface area contributed by atoms with Crippen molar-refractivity contribution in [3.05, 3.63) is 91.5 Å². The highest BCUT2D eigenvalue weighted by molar-refractivity contribution is 5.84. The van der Waals surface area contributed by atoms with Crippen LogP contribution in [0.1, 0.15) is 220 Å². The van der Waals surface area contributed by atoms with Crippen molar-refractivity contribution in [1.29, 1.82) is 0 Å². The molecule has 0 aliphatic heterocycles. The number of benzene rings is 3. The van der Waals surface area contributed by atoms with Gasteiger partial charge in [0, 0.05) is 46.2 Å². The molecule has 0 saturated carbocycles. The van der Waals surface area contributed by atoms with Crippen LogP contribution in [0, 0.1) is 10.1 Å². The van der Waals surface area contributed by atoms with Gasteiger partial charge in [-0.2, -0.15) is 0 Å². The third-order valence-electron chi connectivity index (χ3n) is 12.0. The van der Waals surface area contributed by atoms with Crippen molar-refractivity contribution in [3.63, 3.8) is 0 Å². The zero-order chi connectivity index (χ0) is 46.7. The van der Waals surface area contributed by atoms with E-state index in [9.17, 15) is 20.3 Å². The largest absolute Gasteiger partial charge is 0.507 e. The molecular weight excluding hydrogens is 773 g/mol. The molecule has 0 heterocycles. The molecule has 8 heteroatoms. The zero-order valence-electron chi connectivity index (χ0n) is 41.5. The zero-order valence-corrected chi connectivity index (χ0v) is 41.5. The minimum absolute atomic E-state index is 0.135. The summed E-state index contributed by atoms with van der Waals surface area (Å²) in [5, 5.41) is 36.5. The third-order valence-corrected chi connectivity index (χ3v) is 12.0. The van der Waals surface area contributed by atoms with Gasteiger partial charge in [0.15, 0.2) is 0 Å². The number of hydrogen-bond donors (Lipinski definition) is 2. The van der Waals surface area contributed by atoms with Gasteiger partial charge < -0.3 is 19.7 Å². The van der Waals surface area contributed by atoms with E-state index in [4.69, 9.17) is 14.5 Å². The topological polar surface area (TPSA) is 114 Å². The van der Waals surface area contributed by atoms with Crippen molar-refractivity contribution in [2.24, 2.45) is 4.99 Å². The molecule has 1 unspecified atom stereocenters. The number of nitro benzene ring substituents is 1. The van der Waals surface area contributed by atoms with Gasteiger partial charge in [0.2, 0.25) is 0 Å². The predicted molar refractivity (Wildman–Crippen MR) is 260 cm³/mol. The molecule has 0 aromatic heterocycles. The van der Waals surface area contributed by atoms with Crippen LogP contribution < -0.4 is 9.47 Å². The van der Waals surface area contributed by atoms with Gasteiger partial charge in [-0.3, -0.25) is 15.1 Å². The smallest absolute Gasteiger partial charge is 0.270 e. The molecular formula is C54H84N2O6. The second kappa shape index (κ2) is 22.1. The molecule has 0 radical (unpaired) electrons. The van der Waals surface area contributed by atoms with Gasteiger partial charge >= 0.3 is 0 Å². The number of hydrogen-bond acceptors (Lipinski definition) is 7. The molecule has 0 aliphatic rings. The molecule has 3 aromatic carbocycles. The standard InChI is InChI=1S/C54H84N2O6/c1-16-18-20-22-24-26-30-61-48-43(50(4,5)6)33-40(34-44(48)51(7,8)9)54(58,38(3)55-37-39-32-42(56(59)60)28-29-47(39)57)41-35-45(52(10,11)12)49(46(36-41)53(13,14)15)62-31-27-25-23-21-19-17-2/h28-29,32-38,57-58H,16-27,30-31H2,1-15H3. The summed E-state index contributed by atoms with van der Waals surface area (Å²) in [4.78, 5) is 16.2. The number of aliphatic hydroxyl groups is 1. The van der Waals surface area contributed by atoms with Crippen molar-refractivity contribution in [2.45, 2.75) is 214 Å². The summed E-state index contributed by atoms with van der Waals surface area (Å²) in [7, 11) is 0. The lowest BCUT2D eigenvalue weighted by atomic mass is 9.71. The lowest BCUT2D eigenvalue weighted by molar-refractivity contribution is -0.384. The summed E-state index contributed by atoms with van der Waals surface area (Å²) in [6.07, 6.45) is 15.4. The number of phenols is 1. The maximum atomic E-state index is 13.9. The minimum atomic E-state index is -1.72. The molecule has 0 fully saturated rings. The summed E-state index contributed by atoms with van der Waals surface area (Å²) < 4.78 is 13.6. The third kappa shape index (κ3) is 14.0. The molecule has 3 aromatic rings. The van der Waals surface area contributed by atoms with E-state index in [1.165, 1.54) is 75.8 Å². The van der Waals surface area contributed by atoms with E-state index in [1.807, 2.05) is 6.92 Å². The summed E-state index contributed by atoms with van der Waals surface area (Å²) in [6.45, 7) is 33.8. The first-order chi connectivity index (χ1) is 28.8. The van der Waals surface area contributed by atoms with Gasteiger partial charge in [-0.15, -0.1) is 0 Å². The molecule has 0 aliphatic carbocycles. The number of ether oxygens (including phenoxy) is 2. The van der Waals surface area contributed by atoms with Crippen molar-refractivity contribution in [3.8, 4) is 17.2 Å². The number of aliphatic imine (C=N–C) groups is 1. The molecule has 62 heavy (non-hydrogen) atoms. The Kier molecular flexibility index (Phi) is 18.7. The van der Waals surface area contributed by atoms with Gasteiger partial charge in [-0.05, 0) is 82.9 Å². The maximum absolute atomic E-state index is 13.9. The number of unbranched alkanes of at least 4 members (excludes halogenated alkanes) is 10. The molecule has 0 bridgehead atoms. The second-order valence-electron chi connectivity index (χ2n) is 21.8. The highest BCUT2D eigenvalue weighted by atomic mass is 16.6. The lowest BCUT2D eigenvalue weighted by Gasteiger charge is -2.39. The highest BCUT2D eigenvalue weighted by Gasteiger charge is 2.43. The average Bonchev–Trinajstić information content (AvgIpc) is 3.17. The van der Waals surface area contributed by atoms with Gasteiger partial charge in [-0.1, -0.05) is 161 Å². The fourth-order valence-corrected chi connectivity index (χ4v) is 8.06. The van der Waals surface area contributed by atoms with Crippen molar-refractivity contribution in [1.82, 2.24) is 0 Å². The highest BCUT2D eigenvalue weighted by Crippen LogP contribution is 2.49. The SMILES string of the molecule is CCCCCCCCOc1c(C(C)(C)C)cc(C(O)(c2cc(C(C)(C)C)c(OCCCCCCCC)c(C(C)(C)C)c2)C(C)N=Cc2cc([N+](=O)[O-])ccc2O)cc1C(C)(C)C. The first-order valence-electron chi connectivity index (χ1n) is 23.7. The van der Waals surface area contributed by atoms with Crippen LogP contribution in [0.4, 0.5) is 5.69 Å². The van der Waals surface area contributed by atoms with Gasteiger partial charge in [0.25, 0.3) is 5.69 Å². The lowest BCUT2D eigenvalue weighted by Crippen LogP contribution is -2.40. The number of nitro groups is 1. The first kappa shape index (κ1) is 52.4. The van der Waals surface area contributed by atoms with Crippen LogP contribution in [0.5, 0.6) is 17.2 Å². The molecule has 0 spiro atoms. The van der Waals surface area contributed by atoms with E-state index in [0.29, 0.717) is 24.3 Å². The van der Waals surface area contributed by atoms with Gasteiger partial charge in [0.05, 0.1) is 24.2 Å².